The molecule has 8 heteroatoms. The molecule has 7 nitrogen and oxygen atoms in total. The summed E-state index contributed by atoms with van der Waals surface area (Å²) in [5.41, 5.74) is 6.69. The van der Waals surface area contributed by atoms with Crippen LogP contribution in [0.4, 0.5) is 0 Å². The van der Waals surface area contributed by atoms with E-state index in [-0.39, 0.29) is 29.7 Å². The predicted molar refractivity (Wildman–Crippen MR) is 126 cm³/mol. The number of hydrogen-bond acceptors (Lipinski definition) is 5. The van der Waals surface area contributed by atoms with Gasteiger partial charge in [-0.05, 0) is 29.9 Å². The van der Waals surface area contributed by atoms with Crippen molar-refractivity contribution in [3.63, 3.8) is 0 Å². The molecule has 3 amide bonds. The lowest BCUT2D eigenvalue weighted by Gasteiger charge is -2.30. The molecule has 1 saturated heterocycles. The molecule has 172 valence electrons. The van der Waals surface area contributed by atoms with Crippen molar-refractivity contribution >= 4 is 29.1 Å². The van der Waals surface area contributed by atoms with Crippen LogP contribution in [0, 0.1) is 5.92 Å². The molecule has 2 unspecified atom stereocenters. The van der Waals surface area contributed by atoms with Gasteiger partial charge in [-0.15, -0.1) is 11.3 Å². The van der Waals surface area contributed by atoms with E-state index in [1.54, 1.807) is 11.0 Å². The maximum Gasteiger partial charge on any atom is 0.264 e. The van der Waals surface area contributed by atoms with Crippen molar-refractivity contribution in [2.45, 2.75) is 38.8 Å². The predicted octanol–water partition coefficient (Wildman–Crippen LogP) is 2.13. The molecule has 1 aromatic heterocycles. The van der Waals surface area contributed by atoms with E-state index in [1.807, 2.05) is 60.5 Å². The molecule has 2 aromatic rings. The number of likely N-dealkylation sites (tertiary alicyclic amines) is 1. The zero-order valence-corrected chi connectivity index (χ0v) is 19.5. The molecular weight excluding hydrogens is 424 g/mol. The van der Waals surface area contributed by atoms with Crippen LogP contribution in [-0.2, 0) is 16.0 Å². The lowest BCUT2D eigenvalue weighted by Crippen LogP contribution is -2.47. The van der Waals surface area contributed by atoms with Gasteiger partial charge in [-0.3, -0.25) is 14.4 Å². The fraction of sp³-hybridized carbons (Fsp3) is 0.458. The van der Waals surface area contributed by atoms with E-state index in [0.29, 0.717) is 37.5 Å². The minimum absolute atomic E-state index is 0.0393. The van der Waals surface area contributed by atoms with Gasteiger partial charge in [-0.25, -0.2) is 0 Å². The van der Waals surface area contributed by atoms with Gasteiger partial charge in [0.2, 0.25) is 11.8 Å². The Balaban J connectivity index is 1.82. The number of rotatable bonds is 9. The Bertz CT molecular complexity index is 901. The van der Waals surface area contributed by atoms with Crippen LogP contribution in [0.3, 0.4) is 0 Å². The van der Waals surface area contributed by atoms with Crippen LogP contribution in [0.25, 0.3) is 0 Å². The zero-order chi connectivity index (χ0) is 23.1. The van der Waals surface area contributed by atoms with E-state index in [1.165, 1.54) is 11.3 Å². The normalized spacial score (nSPS) is 18.1. The van der Waals surface area contributed by atoms with Crippen LogP contribution in [-0.4, -0.2) is 65.8 Å². The molecule has 0 aliphatic carbocycles. The first-order valence-electron chi connectivity index (χ1n) is 11.1. The summed E-state index contributed by atoms with van der Waals surface area (Å²) >= 11 is 1.35. The summed E-state index contributed by atoms with van der Waals surface area (Å²) in [4.78, 5) is 43.2. The molecule has 0 bridgehead atoms. The van der Waals surface area contributed by atoms with Gasteiger partial charge in [0.1, 0.15) is 6.04 Å². The maximum absolute atomic E-state index is 13.2. The number of benzene rings is 1. The second-order valence-corrected chi connectivity index (χ2v) is 9.29. The minimum Gasteiger partial charge on any atom is -0.353 e. The molecule has 2 atom stereocenters. The number of carbonyl (C=O) groups is 3. The first-order chi connectivity index (χ1) is 15.4. The van der Waals surface area contributed by atoms with E-state index < -0.39 is 6.04 Å². The molecule has 1 fully saturated rings. The van der Waals surface area contributed by atoms with Crippen LogP contribution in [0.5, 0.6) is 0 Å². The van der Waals surface area contributed by atoms with Gasteiger partial charge >= 0.3 is 0 Å². The van der Waals surface area contributed by atoms with Crippen LogP contribution < -0.4 is 11.1 Å². The van der Waals surface area contributed by atoms with Crippen molar-refractivity contribution in [1.82, 2.24) is 15.1 Å². The lowest BCUT2D eigenvalue weighted by atomic mass is 10.1. The summed E-state index contributed by atoms with van der Waals surface area (Å²) in [6.45, 7) is 5.33. The van der Waals surface area contributed by atoms with Crippen molar-refractivity contribution in [1.29, 1.82) is 0 Å². The maximum atomic E-state index is 13.2. The van der Waals surface area contributed by atoms with Gasteiger partial charge in [-0.2, -0.15) is 0 Å². The third-order valence-corrected chi connectivity index (χ3v) is 6.58. The van der Waals surface area contributed by atoms with Gasteiger partial charge in [0.25, 0.3) is 5.91 Å². The Kier molecular flexibility index (Phi) is 8.41. The highest BCUT2D eigenvalue weighted by atomic mass is 32.1. The Labute approximate surface area is 193 Å². The standard InChI is InChI=1S/C24H32N4O3S/c1-17(2)23(30)27(13-10-18-7-4-3-5-8-18)19-15-20(22(29)26-12-11-25)28(16-19)24(31)21-9-6-14-32-21/h3-9,14,17,19-20H,10-13,15-16,25H2,1-2H3,(H,26,29). The molecule has 3 N–H and O–H groups in total. The van der Waals surface area contributed by atoms with E-state index in [4.69, 9.17) is 5.73 Å². The van der Waals surface area contributed by atoms with Crippen LogP contribution in [0.1, 0.15) is 35.5 Å². The van der Waals surface area contributed by atoms with E-state index in [9.17, 15) is 14.4 Å². The number of thiophene rings is 1. The number of hydrogen-bond donors (Lipinski definition) is 2. The molecule has 0 spiro atoms. The van der Waals surface area contributed by atoms with Gasteiger partial charge in [0, 0.05) is 32.1 Å². The number of carbonyl (C=O) groups excluding carboxylic acids is 3. The average Bonchev–Trinajstić information content (AvgIpc) is 3.48. The fourth-order valence-electron chi connectivity index (χ4n) is 4.07. The molecule has 1 aliphatic heterocycles. The molecule has 0 saturated carbocycles. The molecule has 2 heterocycles. The van der Waals surface area contributed by atoms with E-state index in [2.05, 4.69) is 5.32 Å². The highest BCUT2D eigenvalue weighted by Crippen LogP contribution is 2.27. The van der Waals surface area contributed by atoms with Crippen molar-refractivity contribution < 1.29 is 14.4 Å². The average molecular weight is 457 g/mol. The van der Waals surface area contributed by atoms with Crippen molar-refractivity contribution in [3.8, 4) is 0 Å². The molecule has 32 heavy (non-hydrogen) atoms. The lowest BCUT2D eigenvalue weighted by molar-refractivity contribution is -0.136. The summed E-state index contributed by atoms with van der Waals surface area (Å²) in [6, 6.07) is 12.8. The summed E-state index contributed by atoms with van der Waals surface area (Å²) in [5, 5.41) is 4.66. The van der Waals surface area contributed by atoms with Crippen LogP contribution in [0.15, 0.2) is 47.8 Å². The molecule has 0 radical (unpaired) electrons. The summed E-state index contributed by atoms with van der Waals surface area (Å²) in [7, 11) is 0. The molecule has 1 aromatic carbocycles. The van der Waals surface area contributed by atoms with Gasteiger partial charge in [0.15, 0.2) is 0 Å². The highest BCUT2D eigenvalue weighted by molar-refractivity contribution is 7.12. The van der Waals surface area contributed by atoms with Gasteiger partial charge in [-0.1, -0.05) is 50.2 Å². The molecular formula is C24H32N4O3S. The number of nitrogens with two attached hydrogens (primary N) is 1. The number of amides is 3. The van der Waals surface area contributed by atoms with Gasteiger partial charge < -0.3 is 20.9 Å². The monoisotopic (exact) mass is 456 g/mol. The summed E-state index contributed by atoms with van der Waals surface area (Å²) in [6.07, 6.45) is 1.14. The van der Waals surface area contributed by atoms with E-state index in [0.717, 1.165) is 12.0 Å². The molecule has 1 aliphatic rings. The quantitative estimate of drug-likeness (QED) is 0.604. The minimum atomic E-state index is -0.625. The first kappa shape index (κ1) is 23.9. The SMILES string of the molecule is CC(C)C(=O)N(CCc1ccccc1)C1CC(C(=O)NCCN)N(C(=O)c2cccs2)C1. The smallest absolute Gasteiger partial charge is 0.264 e. The summed E-state index contributed by atoms with van der Waals surface area (Å²) in [5.74, 6) is -0.520. The largest absolute Gasteiger partial charge is 0.353 e. The topological polar surface area (TPSA) is 95.7 Å². The second kappa shape index (κ2) is 11.2. The van der Waals surface area contributed by atoms with Crippen molar-refractivity contribution in [3.05, 3.63) is 58.3 Å². The number of nitrogens with zero attached hydrogens (tertiary/aromatic N) is 2. The third kappa shape index (κ3) is 5.75. The Morgan fingerprint density at radius 1 is 1.19 bits per heavy atom. The molecule has 3 rings (SSSR count). The van der Waals surface area contributed by atoms with Crippen LogP contribution >= 0.6 is 11.3 Å². The van der Waals surface area contributed by atoms with E-state index >= 15 is 0 Å². The third-order valence-electron chi connectivity index (χ3n) is 5.72. The second-order valence-electron chi connectivity index (χ2n) is 8.34. The fourth-order valence-corrected chi connectivity index (χ4v) is 4.75. The van der Waals surface area contributed by atoms with Crippen molar-refractivity contribution in [2.24, 2.45) is 11.7 Å². The summed E-state index contributed by atoms with van der Waals surface area (Å²) < 4.78 is 0. The van der Waals surface area contributed by atoms with Crippen molar-refractivity contribution in [2.75, 3.05) is 26.2 Å². The Morgan fingerprint density at radius 3 is 2.56 bits per heavy atom. The van der Waals surface area contributed by atoms with Gasteiger partial charge in [0.05, 0.1) is 10.9 Å². The van der Waals surface area contributed by atoms with Crippen LogP contribution in [0.2, 0.25) is 0 Å². The highest BCUT2D eigenvalue weighted by Gasteiger charge is 2.43. The first-order valence-corrected chi connectivity index (χ1v) is 12.0. The zero-order valence-electron chi connectivity index (χ0n) is 18.7. The number of nitrogens with one attached hydrogen (secondary N) is 1. The Morgan fingerprint density at radius 2 is 1.94 bits per heavy atom. The Hall–Kier alpha value is -2.71.